The van der Waals surface area contributed by atoms with Crippen molar-refractivity contribution >= 4 is 23.5 Å². The quantitative estimate of drug-likeness (QED) is 0.0598. The number of nitrogens with two attached hydrogens (primary N) is 2. The van der Waals surface area contributed by atoms with Gasteiger partial charge < -0.3 is 36.3 Å². The van der Waals surface area contributed by atoms with E-state index in [1.54, 1.807) is 24.3 Å². The van der Waals surface area contributed by atoms with E-state index in [1.165, 1.54) is 12.1 Å². The molecule has 0 bridgehead atoms. The third-order valence-electron chi connectivity index (χ3n) is 8.47. The highest BCUT2D eigenvalue weighted by molar-refractivity contribution is 6.12. The Morgan fingerprint density at radius 2 is 1.54 bits per heavy atom. The number of nitrogens with zero attached hydrogens (tertiary/aromatic N) is 1. The van der Waals surface area contributed by atoms with Crippen LogP contribution in [0, 0.1) is 5.82 Å². The Kier molecular flexibility index (Phi) is 13.8. The van der Waals surface area contributed by atoms with Crippen molar-refractivity contribution in [1.29, 1.82) is 0 Å². The van der Waals surface area contributed by atoms with Crippen LogP contribution in [0.2, 0.25) is 0 Å². The molecule has 0 radical (unpaired) electrons. The number of unbranched alkanes of at least 4 members (excludes halogenated alkanes) is 1. The van der Waals surface area contributed by atoms with Crippen molar-refractivity contribution in [3.63, 3.8) is 0 Å². The number of para-hydroxylation sites is 1. The van der Waals surface area contributed by atoms with Gasteiger partial charge in [0.2, 0.25) is 0 Å². The molecule has 1 heterocycles. The van der Waals surface area contributed by atoms with Crippen molar-refractivity contribution in [1.82, 2.24) is 4.57 Å². The molecule has 0 saturated heterocycles. The summed E-state index contributed by atoms with van der Waals surface area (Å²) in [7, 11) is 0. The summed E-state index contributed by atoms with van der Waals surface area (Å²) in [5.41, 5.74) is 16.1. The Hall–Kier alpha value is -4.84. The Balaban J connectivity index is 1.74. The van der Waals surface area contributed by atoms with E-state index in [0.717, 1.165) is 5.56 Å². The molecule has 0 spiro atoms. The predicted molar refractivity (Wildman–Crippen MR) is 192 cm³/mol. The number of aliphatic hydroxyl groups is 1. The molecular formula is C39H47FN4O6. The number of aliphatic hydroxyl groups excluding tert-OH is 1. The number of nitrogens with one attached hydrogen (secondary N) is 1. The van der Waals surface area contributed by atoms with Crippen LogP contribution in [0.1, 0.15) is 74.3 Å². The molecule has 11 heteroatoms. The van der Waals surface area contributed by atoms with Gasteiger partial charge in [0.05, 0.1) is 23.8 Å². The van der Waals surface area contributed by atoms with Gasteiger partial charge in [0.15, 0.2) is 0 Å². The van der Waals surface area contributed by atoms with Crippen molar-refractivity contribution in [3.05, 3.63) is 102 Å². The first-order valence-electron chi connectivity index (χ1n) is 17.0. The smallest absolute Gasteiger partial charge is 0.323 e. The number of aliphatic carboxylic acids is 1. The Morgan fingerprint density at radius 1 is 0.900 bits per heavy atom. The molecule has 50 heavy (non-hydrogen) atoms. The predicted octanol–water partition coefficient (Wildman–Crippen LogP) is 6.32. The number of carboxylic acids is 1. The molecule has 0 saturated carbocycles. The van der Waals surface area contributed by atoms with Crippen molar-refractivity contribution in [2.45, 2.75) is 83.1 Å². The number of carbonyl (C=O) groups is 3. The first-order valence-corrected chi connectivity index (χ1v) is 17.0. The lowest BCUT2D eigenvalue weighted by atomic mass is 9.94. The summed E-state index contributed by atoms with van der Waals surface area (Å²) < 4.78 is 21.7. The molecule has 0 aliphatic carbocycles. The molecule has 3 aromatic carbocycles. The van der Waals surface area contributed by atoms with Gasteiger partial charge in [-0.05, 0) is 79.3 Å². The van der Waals surface area contributed by atoms with Gasteiger partial charge in [0, 0.05) is 29.9 Å². The van der Waals surface area contributed by atoms with Crippen LogP contribution in [-0.2, 0) is 20.9 Å². The second-order valence-electron chi connectivity index (χ2n) is 12.7. The summed E-state index contributed by atoms with van der Waals surface area (Å²) in [4.78, 5) is 38.6. The molecule has 0 fully saturated rings. The second-order valence-corrected chi connectivity index (χ2v) is 12.7. The van der Waals surface area contributed by atoms with Crippen LogP contribution in [0.3, 0.4) is 0 Å². The number of esters is 1. The van der Waals surface area contributed by atoms with E-state index in [9.17, 15) is 29.0 Å². The number of aromatic nitrogens is 1. The van der Waals surface area contributed by atoms with Crippen LogP contribution in [0.25, 0.3) is 22.4 Å². The Bertz CT molecular complexity index is 1710. The largest absolute Gasteiger partial charge is 0.481 e. The zero-order valence-corrected chi connectivity index (χ0v) is 28.6. The number of carbonyl (C=O) groups excluding carboxylic acids is 2. The summed E-state index contributed by atoms with van der Waals surface area (Å²) in [6, 6.07) is 23.7. The van der Waals surface area contributed by atoms with Gasteiger partial charge in [-0.2, -0.15) is 0 Å². The zero-order valence-electron chi connectivity index (χ0n) is 28.6. The van der Waals surface area contributed by atoms with Crippen LogP contribution in [0.15, 0.2) is 84.9 Å². The molecule has 1 aromatic heterocycles. The third-order valence-corrected chi connectivity index (χ3v) is 8.47. The Labute approximate surface area is 292 Å². The normalized spacial score (nSPS) is 13.1. The highest BCUT2D eigenvalue weighted by Crippen LogP contribution is 2.42. The van der Waals surface area contributed by atoms with Crippen LogP contribution in [0.4, 0.5) is 10.1 Å². The van der Waals surface area contributed by atoms with Crippen molar-refractivity contribution < 1.29 is 33.7 Å². The van der Waals surface area contributed by atoms with E-state index >= 15 is 0 Å². The second kappa shape index (κ2) is 18.2. The molecule has 10 nitrogen and oxygen atoms in total. The molecule has 0 unspecified atom stereocenters. The third kappa shape index (κ3) is 10.1. The van der Waals surface area contributed by atoms with Gasteiger partial charge in [-0.25, -0.2) is 4.39 Å². The molecule has 1 amide bonds. The maximum atomic E-state index is 14.3. The van der Waals surface area contributed by atoms with Gasteiger partial charge in [0.25, 0.3) is 5.91 Å². The van der Waals surface area contributed by atoms with Crippen LogP contribution in [-0.4, -0.2) is 57.4 Å². The average Bonchev–Trinajstić information content (AvgIpc) is 3.44. The summed E-state index contributed by atoms with van der Waals surface area (Å²) in [5, 5.41) is 23.8. The Morgan fingerprint density at radius 3 is 2.14 bits per heavy atom. The van der Waals surface area contributed by atoms with Crippen LogP contribution < -0.4 is 16.8 Å². The highest BCUT2D eigenvalue weighted by Gasteiger charge is 2.31. The maximum Gasteiger partial charge on any atom is 0.323 e. The van der Waals surface area contributed by atoms with Gasteiger partial charge in [-0.15, -0.1) is 0 Å². The number of ether oxygens (including phenoxy) is 1. The fraction of sp³-hybridized carbons (Fsp3) is 0.359. The standard InChI is InChI=1S/C39H47FN4O6/c1-25(2)36-35(38(48)43-29-13-7-4-8-14-29)34(26-11-5-3-6-12-26)37(27-16-18-28(40)19-17-27)44(36)22-20-30(45)23-31(24-33(46)47)50-39(49)32(42)15-9-10-21-41/h3-8,11-14,16-19,25,30-32,45H,9-10,15,20-24,41-42H2,1-2H3,(H,43,48)(H,46,47)/t30-,31-,32+/m1/s1. The van der Waals surface area contributed by atoms with E-state index in [0.29, 0.717) is 59.6 Å². The van der Waals surface area contributed by atoms with E-state index in [4.69, 9.17) is 16.2 Å². The summed E-state index contributed by atoms with van der Waals surface area (Å²) in [6.45, 7) is 4.63. The lowest BCUT2D eigenvalue weighted by molar-refractivity contribution is -0.155. The average molecular weight is 687 g/mol. The lowest BCUT2D eigenvalue weighted by Crippen LogP contribution is -2.37. The zero-order chi connectivity index (χ0) is 36.2. The van der Waals surface area contributed by atoms with Gasteiger partial charge in [-0.3, -0.25) is 14.4 Å². The minimum atomic E-state index is -1.18. The SMILES string of the molecule is CC(C)c1c(C(=O)Nc2ccccc2)c(-c2ccccc2)c(-c2ccc(F)cc2)n1CC[C@@H](O)C[C@H](CC(=O)O)OC(=O)[C@@H](N)CCCCN. The van der Waals surface area contributed by atoms with Crippen molar-refractivity contribution in [2.24, 2.45) is 11.5 Å². The summed E-state index contributed by atoms with van der Waals surface area (Å²) in [6.07, 6.45) is -1.02. The summed E-state index contributed by atoms with van der Waals surface area (Å²) in [5.74, 6) is -2.81. The maximum absolute atomic E-state index is 14.3. The minimum Gasteiger partial charge on any atom is -0.481 e. The van der Waals surface area contributed by atoms with Crippen molar-refractivity contribution in [2.75, 3.05) is 11.9 Å². The van der Waals surface area contributed by atoms with Gasteiger partial charge in [-0.1, -0.05) is 68.8 Å². The van der Waals surface area contributed by atoms with Crippen LogP contribution >= 0.6 is 0 Å². The number of rotatable bonds is 18. The molecule has 0 aliphatic heterocycles. The highest BCUT2D eigenvalue weighted by atomic mass is 19.1. The first kappa shape index (κ1) is 38.0. The minimum absolute atomic E-state index is 0.132. The van der Waals surface area contributed by atoms with Crippen LogP contribution in [0.5, 0.6) is 0 Å². The number of halogens is 1. The number of carboxylic acid groups (broad SMARTS) is 1. The van der Waals surface area contributed by atoms with Crippen molar-refractivity contribution in [3.8, 4) is 22.4 Å². The number of hydrogen-bond donors (Lipinski definition) is 5. The number of benzene rings is 3. The first-order chi connectivity index (χ1) is 24.0. The molecular weight excluding hydrogens is 639 g/mol. The van der Waals surface area contributed by atoms with Gasteiger partial charge >= 0.3 is 11.9 Å². The van der Waals surface area contributed by atoms with E-state index < -0.39 is 42.4 Å². The molecule has 3 atom stereocenters. The fourth-order valence-corrected chi connectivity index (χ4v) is 6.15. The monoisotopic (exact) mass is 686 g/mol. The fourth-order valence-electron chi connectivity index (χ4n) is 6.15. The molecule has 4 rings (SSSR count). The van der Waals surface area contributed by atoms with E-state index in [1.807, 2.05) is 66.9 Å². The molecule has 4 aromatic rings. The topological polar surface area (TPSA) is 170 Å². The van der Waals surface area contributed by atoms with E-state index in [-0.39, 0.29) is 31.2 Å². The molecule has 7 N–H and O–H groups in total. The number of anilines is 1. The lowest BCUT2D eigenvalue weighted by Gasteiger charge is -2.23. The number of amides is 1. The van der Waals surface area contributed by atoms with E-state index in [2.05, 4.69) is 5.32 Å². The number of hydrogen-bond acceptors (Lipinski definition) is 7. The summed E-state index contributed by atoms with van der Waals surface area (Å²) >= 11 is 0. The molecule has 0 aliphatic rings. The molecule has 266 valence electrons. The van der Waals surface area contributed by atoms with Gasteiger partial charge in [0.1, 0.15) is 18.0 Å².